The lowest BCUT2D eigenvalue weighted by molar-refractivity contribution is 0.0321. The van der Waals surface area contributed by atoms with Crippen molar-refractivity contribution in [3.05, 3.63) is 94.5 Å². The standard InChI is InChI=1S/C29H25F2N7O5.2ClH/c30-18-1-4-20(5-2-18)38-29(40)21(7-10-33-38)27(39)34-19-3-6-23(22(31)17-19)43-24-8-9-32-26-25(24)28(36-35-26)42-16-13-37-11-14-41-15-12-37;;/h1-10,17H,11-16H2,(H,34,39)(H,32,35,36);2*1H. The van der Waals surface area contributed by atoms with E-state index >= 15 is 4.39 Å². The first-order valence-corrected chi connectivity index (χ1v) is 13.4. The number of aromatic amines is 1. The fourth-order valence-corrected chi connectivity index (χ4v) is 4.51. The van der Waals surface area contributed by atoms with Crippen molar-refractivity contribution in [2.45, 2.75) is 0 Å². The van der Waals surface area contributed by atoms with Gasteiger partial charge < -0.3 is 19.5 Å². The number of pyridine rings is 1. The summed E-state index contributed by atoms with van der Waals surface area (Å²) in [5, 5.41) is 13.9. The second-order valence-electron chi connectivity index (χ2n) is 9.50. The number of aromatic nitrogens is 5. The smallest absolute Gasteiger partial charge is 0.284 e. The molecule has 6 rings (SSSR count). The van der Waals surface area contributed by atoms with Gasteiger partial charge in [0.25, 0.3) is 11.5 Å². The Morgan fingerprint density at radius 2 is 1.78 bits per heavy atom. The monoisotopic (exact) mass is 661 g/mol. The summed E-state index contributed by atoms with van der Waals surface area (Å²) >= 11 is 0. The molecule has 0 spiro atoms. The zero-order valence-corrected chi connectivity index (χ0v) is 25.1. The third-order valence-corrected chi connectivity index (χ3v) is 6.71. The van der Waals surface area contributed by atoms with Crippen LogP contribution < -0.4 is 20.3 Å². The number of fused-ring (bicyclic) bond motifs is 1. The number of nitrogens with one attached hydrogen (secondary N) is 2. The summed E-state index contributed by atoms with van der Waals surface area (Å²) < 4.78 is 46.5. The number of anilines is 1. The topological polar surface area (TPSA) is 136 Å². The molecule has 0 aliphatic carbocycles. The molecule has 4 heterocycles. The van der Waals surface area contributed by atoms with Crippen molar-refractivity contribution in [3.63, 3.8) is 0 Å². The molecule has 1 aliphatic heterocycles. The predicted octanol–water partition coefficient (Wildman–Crippen LogP) is 4.38. The molecule has 0 saturated carbocycles. The average molecular weight is 662 g/mol. The summed E-state index contributed by atoms with van der Waals surface area (Å²) in [4.78, 5) is 32.2. The van der Waals surface area contributed by atoms with Crippen LogP contribution in [0.15, 0.2) is 71.8 Å². The molecule has 1 aliphatic rings. The van der Waals surface area contributed by atoms with Crippen LogP contribution >= 0.6 is 24.8 Å². The lowest BCUT2D eigenvalue weighted by atomic mass is 10.2. The zero-order valence-electron chi connectivity index (χ0n) is 23.4. The first-order chi connectivity index (χ1) is 21.0. The number of halogens is 4. The van der Waals surface area contributed by atoms with E-state index in [1.807, 2.05) is 0 Å². The maximum absolute atomic E-state index is 15.2. The fourth-order valence-electron chi connectivity index (χ4n) is 4.51. The molecule has 45 heavy (non-hydrogen) atoms. The molecule has 0 unspecified atom stereocenters. The van der Waals surface area contributed by atoms with Gasteiger partial charge in [0.1, 0.15) is 29.1 Å². The molecule has 0 radical (unpaired) electrons. The molecule has 3 aromatic heterocycles. The molecule has 2 N–H and O–H groups in total. The van der Waals surface area contributed by atoms with Crippen LogP contribution in [0.5, 0.6) is 17.4 Å². The van der Waals surface area contributed by atoms with Crippen LogP contribution in [-0.2, 0) is 4.74 Å². The quantitative estimate of drug-likeness (QED) is 0.236. The van der Waals surface area contributed by atoms with E-state index in [-0.39, 0.29) is 59.1 Å². The predicted molar refractivity (Wildman–Crippen MR) is 165 cm³/mol. The maximum Gasteiger partial charge on any atom is 0.284 e. The number of carbonyl (C=O) groups excluding carboxylic acids is 1. The highest BCUT2D eigenvalue weighted by atomic mass is 35.5. The third-order valence-electron chi connectivity index (χ3n) is 6.71. The summed E-state index contributed by atoms with van der Waals surface area (Å²) in [6.07, 6.45) is 2.76. The second kappa shape index (κ2) is 14.9. The molecule has 236 valence electrons. The van der Waals surface area contributed by atoms with E-state index in [1.165, 1.54) is 54.9 Å². The number of carbonyl (C=O) groups is 1. The van der Waals surface area contributed by atoms with E-state index < -0.39 is 23.1 Å². The number of H-pyrrole nitrogens is 1. The zero-order chi connectivity index (χ0) is 29.8. The normalized spacial score (nSPS) is 13.0. The highest BCUT2D eigenvalue weighted by Crippen LogP contribution is 2.35. The molecule has 0 bridgehead atoms. The number of benzene rings is 2. The van der Waals surface area contributed by atoms with E-state index in [9.17, 15) is 14.0 Å². The molecular weight excluding hydrogens is 635 g/mol. The number of morpholine rings is 1. The first kappa shape index (κ1) is 33.3. The van der Waals surface area contributed by atoms with Gasteiger partial charge in [0.2, 0.25) is 5.88 Å². The van der Waals surface area contributed by atoms with Crippen LogP contribution in [0.2, 0.25) is 0 Å². The van der Waals surface area contributed by atoms with E-state index in [4.69, 9.17) is 14.2 Å². The van der Waals surface area contributed by atoms with Crippen molar-refractivity contribution in [2.24, 2.45) is 0 Å². The van der Waals surface area contributed by atoms with Gasteiger partial charge in [-0.3, -0.25) is 19.6 Å². The van der Waals surface area contributed by atoms with Crippen LogP contribution in [0.3, 0.4) is 0 Å². The minimum Gasteiger partial charge on any atom is -0.475 e. The van der Waals surface area contributed by atoms with Crippen molar-refractivity contribution in [1.82, 2.24) is 29.9 Å². The van der Waals surface area contributed by atoms with Crippen LogP contribution in [0.1, 0.15) is 10.4 Å². The summed E-state index contributed by atoms with van der Waals surface area (Å²) in [7, 11) is 0. The van der Waals surface area contributed by atoms with Crippen molar-refractivity contribution < 1.29 is 27.8 Å². The SMILES string of the molecule is Cl.Cl.O=C(Nc1ccc(Oc2ccnc3[nH]nc(OCCN4CCOCC4)c23)c(F)c1)c1ccnn(-c2ccc(F)cc2)c1=O. The number of hydrogen-bond donors (Lipinski definition) is 2. The Kier molecular flexibility index (Phi) is 11.0. The number of nitrogens with zero attached hydrogens (tertiary/aromatic N) is 5. The van der Waals surface area contributed by atoms with Crippen molar-refractivity contribution in [1.29, 1.82) is 0 Å². The maximum atomic E-state index is 15.2. The Bertz CT molecular complexity index is 1830. The summed E-state index contributed by atoms with van der Waals surface area (Å²) in [5.74, 6) is -1.59. The van der Waals surface area contributed by atoms with Gasteiger partial charge in [-0.2, -0.15) is 9.78 Å². The van der Waals surface area contributed by atoms with Crippen LogP contribution in [0.25, 0.3) is 16.7 Å². The molecule has 2 aromatic carbocycles. The van der Waals surface area contributed by atoms with Crippen LogP contribution in [0, 0.1) is 11.6 Å². The number of amides is 1. The molecule has 16 heteroatoms. The minimum atomic E-state index is -0.774. The highest BCUT2D eigenvalue weighted by molar-refractivity contribution is 6.04. The minimum absolute atomic E-state index is 0. The summed E-state index contributed by atoms with van der Waals surface area (Å²) in [5.41, 5.74) is -0.180. The first-order valence-electron chi connectivity index (χ1n) is 13.4. The highest BCUT2D eigenvalue weighted by Gasteiger charge is 2.19. The van der Waals surface area contributed by atoms with Crippen molar-refractivity contribution in [3.8, 4) is 23.1 Å². The Hall–Kier alpha value is -4.63. The van der Waals surface area contributed by atoms with Gasteiger partial charge >= 0.3 is 0 Å². The summed E-state index contributed by atoms with van der Waals surface area (Å²) in [6, 6.07) is 11.7. The Balaban J connectivity index is 0.00000230. The lowest BCUT2D eigenvalue weighted by Gasteiger charge is -2.26. The molecular formula is C29H27Cl2F2N7O5. The van der Waals surface area contributed by atoms with Gasteiger partial charge in [-0.25, -0.2) is 13.8 Å². The van der Waals surface area contributed by atoms with Crippen molar-refractivity contribution in [2.75, 3.05) is 44.8 Å². The molecule has 1 fully saturated rings. The number of hydrogen-bond acceptors (Lipinski definition) is 9. The van der Waals surface area contributed by atoms with E-state index in [2.05, 4.69) is 30.5 Å². The largest absolute Gasteiger partial charge is 0.475 e. The van der Waals surface area contributed by atoms with Gasteiger partial charge in [0.05, 0.1) is 18.9 Å². The van der Waals surface area contributed by atoms with Crippen LogP contribution in [0.4, 0.5) is 14.5 Å². The van der Waals surface area contributed by atoms with Crippen molar-refractivity contribution >= 4 is 47.4 Å². The molecule has 0 atom stereocenters. The molecule has 1 amide bonds. The fraction of sp³-hybridized carbons (Fsp3) is 0.207. The van der Waals surface area contributed by atoms with E-state index in [0.29, 0.717) is 37.4 Å². The number of ether oxygens (including phenoxy) is 3. The van der Waals surface area contributed by atoms with E-state index in [0.717, 1.165) is 23.8 Å². The van der Waals surface area contributed by atoms with Gasteiger partial charge in [-0.1, -0.05) is 0 Å². The summed E-state index contributed by atoms with van der Waals surface area (Å²) in [6.45, 7) is 4.09. The van der Waals surface area contributed by atoms with Gasteiger partial charge in [-0.05, 0) is 42.5 Å². The van der Waals surface area contributed by atoms with E-state index in [1.54, 1.807) is 6.07 Å². The Morgan fingerprint density at radius 3 is 2.53 bits per heavy atom. The van der Waals surface area contributed by atoms with Gasteiger partial charge in [-0.15, -0.1) is 29.9 Å². The Morgan fingerprint density at radius 1 is 1.00 bits per heavy atom. The third kappa shape index (κ3) is 7.54. The molecule has 5 aromatic rings. The number of rotatable bonds is 9. The second-order valence-corrected chi connectivity index (χ2v) is 9.50. The lowest BCUT2D eigenvalue weighted by Crippen LogP contribution is -2.38. The Labute approximate surface area is 267 Å². The average Bonchev–Trinajstić information content (AvgIpc) is 3.43. The van der Waals surface area contributed by atoms with Gasteiger partial charge in [0.15, 0.2) is 17.2 Å². The van der Waals surface area contributed by atoms with Gasteiger partial charge in [0, 0.05) is 49.8 Å². The molecule has 12 nitrogen and oxygen atoms in total. The van der Waals surface area contributed by atoms with Crippen LogP contribution in [-0.4, -0.2) is 75.2 Å². The molecule has 1 saturated heterocycles.